The lowest BCUT2D eigenvalue weighted by Gasteiger charge is -2.22. The molecule has 4 nitrogen and oxygen atoms in total. The summed E-state index contributed by atoms with van der Waals surface area (Å²) in [6.45, 7) is 1.47. The van der Waals surface area contributed by atoms with Gasteiger partial charge in [0.05, 0.1) is 23.4 Å². The zero-order chi connectivity index (χ0) is 15.7. The Labute approximate surface area is 123 Å². The molecule has 0 saturated carbocycles. The molecule has 0 saturated heterocycles. The summed E-state index contributed by atoms with van der Waals surface area (Å²) in [6.07, 6.45) is -2.42. The van der Waals surface area contributed by atoms with Crippen LogP contribution in [-0.2, 0) is 11.8 Å². The van der Waals surface area contributed by atoms with Crippen molar-refractivity contribution in [1.29, 1.82) is 0 Å². The largest absolute Gasteiger partial charge is 0.466 e. The van der Waals surface area contributed by atoms with Crippen molar-refractivity contribution in [2.24, 2.45) is 0 Å². The maximum absolute atomic E-state index is 12.5. The molecule has 0 aliphatic carbocycles. The van der Waals surface area contributed by atoms with E-state index in [0.29, 0.717) is 12.0 Å². The van der Waals surface area contributed by atoms with Gasteiger partial charge >= 0.3 is 6.18 Å². The van der Waals surface area contributed by atoms with Gasteiger partial charge in [0, 0.05) is 6.20 Å². The van der Waals surface area contributed by atoms with Crippen LogP contribution in [0.15, 0.2) is 35.1 Å². The molecule has 0 fully saturated rings. The molecule has 2 rings (SSSR count). The van der Waals surface area contributed by atoms with Gasteiger partial charge in [0.1, 0.15) is 17.2 Å². The van der Waals surface area contributed by atoms with Gasteiger partial charge in [-0.1, -0.05) is 11.6 Å². The summed E-state index contributed by atoms with van der Waals surface area (Å²) in [6, 6.07) is 3.98. The molecule has 0 amide bonds. The fourth-order valence-corrected chi connectivity index (χ4v) is 1.88. The first-order valence-electron chi connectivity index (χ1n) is 5.93. The quantitative estimate of drug-likeness (QED) is 0.902. The number of nitrogens with one attached hydrogen (secondary N) is 1. The van der Waals surface area contributed by atoms with E-state index in [1.54, 1.807) is 12.1 Å². The minimum Gasteiger partial charge on any atom is -0.466 e. The average molecular weight is 321 g/mol. The number of alkyl halides is 3. The molecule has 1 unspecified atom stereocenters. The Morgan fingerprint density at radius 1 is 1.43 bits per heavy atom. The highest BCUT2D eigenvalue weighted by molar-refractivity contribution is 6.32. The molecule has 2 heterocycles. The van der Waals surface area contributed by atoms with E-state index in [2.05, 4.69) is 10.3 Å². The maximum Gasteiger partial charge on any atom is 0.417 e. The van der Waals surface area contributed by atoms with E-state index in [0.717, 1.165) is 6.07 Å². The molecule has 2 aromatic rings. The molecule has 0 aromatic carbocycles. The highest BCUT2D eigenvalue weighted by atomic mass is 35.5. The fourth-order valence-electron chi connectivity index (χ4n) is 1.65. The molecule has 0 spiro atoms. The van der Waals surface area contributed by atoms with E-state index in [1.807, 2.05) is 0 Å². The third-order valence-electron chi connectivity index (χ3n) is 2.82. The van der Waals surface area contributed by atoms with Gasteiger partial charge < -0.3 is 14.8 Å². The first-order valence-corrected chi connectivity index (χ1v) is 6.31. The molecule has 114 valence electrons. The summed E-state index contributed by atoms with van der Waals surface area (Å²) in [7, 11) is 0. The van der Waals surface area contributed by atoms with Gasteiger partial charge in [0.15, 0.2) is 0 Å². The summed E-state index contributed by atoms with van der Waals surface area (Å²) >= 11 is 5.76. The predicted octanol–water partition coefficient (Wildman–Crippen LogP) is 3.67. The number of hydrogen-bond acceptors (Lipinski definition) is 4. The third kappa shape index (κ3) is 3.68. The summed E-state index contributed by atoms with van der Waals surface area (Å²) < 4.78 is 42.6. The van der Waals surface area contributed by atoms with Crippen LogP contribution >= 0.6 is 11.6 Å². The Bertz CT molecular complexity index is 612. The van der Waals surface area contributed by atoms with E-state index in [9.17, 15) is 18.3 Å². The van der Waals surface area contributed by atoms with Crippen LogP contribution < -0.4 is 5.32 Å². The number of halogens is 4. The SMILES string of the molecule is CC(O)(CNc1ncc(C(F)(F)F)cc1Cl)c1ccco1. The van der Waals surface area contributed by atoms with E-state index in [-0.39, 0.29) is 17.4 Å². The second kappa shape index (κ2) is 5.57. The van der Waals surface area contributed by atoms with Crippen LogP contribution in [0.3, 0.4) is 0 Å². The third-order valence-corrected chi connectivity index (χ3v) is 3.11. The monoisotopic (exact) mass is 320 g/mol. The van der Waals surface area contributed by atoms with Crippen molar-refractivity contribution < 1.29 is 22.7 Å². The molecule has 8 heteroatoms. The van der Waals surface area contributed by atoms with E-state index in [4.69, 9.17) is 16.0 Å². The lowest BCUT2D eigenvalue weighted by Crippen LogP contribution is -2.30. The minimum atomic E-state index is -4.51. The Kier molecular flexibility index (Phi) is 4.15. The lowest BCUT2D eigenvalue weighted by atomic mass is 10.0. The van der Waals surface area contributed by atoms with Gasteiger partial charge in [0.25, 0.3) is 0 Å². The Morgan fingerprint density at radius 3 is 2.67 bits per heavy atom. The van der Waals surface area contributed by atoms with Crippen LogP contribution in [0.1, 0.15) is 18.2 Å². The van der Waals surface area contributed by atoms with Crippen LogP contribution in [-0.4, -0.2) is 16.6 Å². The minimum absolute atomic E-state index is 0.0292. The Hall–Kier alpha value is -1.73. The molecular formula is C13H12ClF3N2O2. The molecule has 2 N–H and O–H groups in total. The van der Waals surface area contributed by atoms with Crippen molar-refractivity contribution in [3.63, 3.8) is 0 Å². The normalized spacial score (nSPS) is 14.8. The van der Waals surface area contributed by atoms with Gasteiger partial charge in [-0.25, -0.2) is 4.98 Å². The van der Waals surface area contributed by atoms with Crippen LogP contribution in [0.25, 0.3) is 0 Å². The predicted molar refractivity (Wildman–Crippen MR) is 71.0 cm³/mol. The maximum atomic E-state index is 12.5. The summed E-state index contributed by atoms with van der Waals surface area (Å²) in [5, 5.41) is 12.7. The number of pyridine rings is 1. The smallest absolute Gasteiger partial charge is 0.417 e. The Balaban J connectivity index is 2.11. The van der Waals surface area contributed by atoms with Gasteiger partial charge in [-0.05, 0) is 25.1 Å². The number of furan rings is 1. The fraction of sp³-hybridized carbons (Fsp3) is 0.308. The van der Waals surface area contributed by atoms with Crippen molar-refractivity contribution in [1.82, 2.24) is 4.98 Å². The molecule has 0 aliphatic heterocycles. The number of nitrogens with zero attached hydrogens (tertiary/aromatic N) is 1. The highest BCUT2D eigenvalue weighted by Crippen LogP contribution is 2.32. The van der Waals surface area contributed by atoms with Gasteiger partial charge in [0.2, 0.25) is 0 Å². The second-order valence-electron chi connectivity index (χ2n) is 4.66. The molecule has 2 aromatic heterocycles. The van der Waals surface area contributed by atoms with E-state index in [1.165, 1.54) is 13.2 Å². The van der Waals surface area contributed by atoms with Gasteiger partial charge in [-0.2, -0.15) is 13.2 Å². The zero-order valence-electron chi connectivity index (χ0n) is 10.9. The molecule has 21 heavy (non-hydrogen) atoms. The van der Waals surface area contributed by atoms with E-state index < -0.39 is 17.3 Å². The molecule has 1 atom stereocenters. The summed E-state index contributed by atoms with van der Waals surface area (Å²) in [4.78, 5) is 3.62. The Morgan fingerprint density at radius 2 is 2.14 bits per heavy atom. The van der Waals surface area contributed by atoms with Crippen molar-refractivity contribution >= 4 is 17.4 Å². The number of anilines is 1. The topological polar surface area (TPSA) is 58.3 Å². The van der Waals surface area contributed by atoms with Gasteiger partial charge in [-0.3, -0.25) is 0 Å². The first-order chi connectivity index (χ1) is 9.70. The number of aliphatic hydroxyl groups is 1. The molecular weight excluding hydrogens is 309 g/mol. The van der Waals surface area contributed by atoms with Gasteiger partial charge in [-0.15, -0.1) is 0 Å². The van der Waals surface area contributed by atoms with Crippen LogP contribution in [0.2, 0.25) is 5.02 Å². The number of aromatic nitrogens is 1. The van der Waals surface area contributed by atoms with Crippen molar-refractivity contribution in [2.75, 3.05) is 11.9 Å². The number of hydrogen-bond donors (Lipinski definition) is 2. The summed E-state index contributed by atoms with van der Waals surface area (Å²) in [5.41, 5.74) is -2.28. The lowest BCUT2D eigenvalue weighted by molar-refractivity contribution is -0.137. The standard InChI is InChI=1S/C13H12ClF3N2O2/c1-12(20,10-3-2-4-21-10)7-19-11-9(14)5-8(6-18-11)13(15,16)17/h2-6,20H,7H2,1H3,(H,18,19). The zero-order valence-corrected chi connectivity index (χ0v) is 11.7. The molecule has 0 radical (unpaired) electrons. The highest BCUT2D eigenvalue weighted by Gasteiger charge is 2.32. The molecule has 0 aliphatic rings. The van der Waals surface area contributed by atoms with Crippen LogP contribution in [0.5, 0.6) is 0 Å². The molecule has 0 bridgehead atoms. The van der Waals surface area contributed by atoms with Crippen molar-refractivity contribution in [3.8, 4) is 0 Å². The first kappa shape index (κ1) is 15.7. The van der Waals surface area contributed by atoms with Crippen LogP contribution in [0.4, 0.5) is 19.0 Å². The van der Waals surface area contributed by atoms with Crippen molar-refractivity contribution in [2.45, 2.75) is 18.7 Å². The summed E-state index contributed by atoms with van der Waals surface area (Å²) in [5.74, 6) is 0.370. The second-order valence-corrected chi connectivity index (χ2v) is 5.06. The average Bonchev–Trinajstić information content (AvgIpc) is 2.90. The van der Waals surface area contributed by atoms with Crippen LogP contribution in [0, 0.1) is 0 Å². The van der Waals surface area contributed by atoms with Crippen molar-refractivity contribution in [3.05, 3.63) is 47.0 Å². The number of rotatable bonds is 4. The van der Waals surface area contributed by atoms with E-state index >= 15 is 0 Å².